The van der Waals surface area contributed by atoms with Crippen LogP contribution in [0.2, 0.25) is 0 Å². The van der Waals surface area contributed by atoms with Gasteiger partial charge < -0.3 is 4.90 Å². The van der Waals surface area contributed by atoms with E-state index in [2.05, 4.69) is 13.8 Å². The van der Waals surface area contributed by atoms with Gasteiger partial charge in [-0.1, -0.05) is 38.1 Å². The summed E-state index contributed by atoms with van der Waals surface area (Å²) in [7, 11) is -3.26. The number of nitrogens with zero attached hydrogens (tertiary/aromatic N) is 1. The normalized spacial score (nSPS) is 16.5. The number of hydrogen-bond acceptors (Lipinski definition) is 3. The van der Waals surface area contributed by atoms with Crippen molar-refractivity contribution in [1.82, 2.24) is 4.90 Å². The van der Waals surface area contributed by atoms with Gasteiger partial charge in [-0.2, -0.15) is 0 Å². The molecular weight excluding hydrogens is 346 g/mol. The molecule has 1 aromatic carbocycles. The Hall–Kier alpha value is -1.62. The number of likely N-dealkylation sites (tertiary alicyclic amines) is 1. The Morgan fingerprint density at radius 3 is 2.31 bits per heavy atom. The highest BCUT2D eigenvalue weighted by Crippen LogP contribution is 2.23. The topological polar surface area (TPSA) is 54.5 Å². The van der Waals surface area contributed by atoms with E-state index >= 15 is 0 Å². The second kappa shape index (κ2) is 9.36. The molecule has 0 saturated carbocycles. The maximum Gasteiger partial charge on any atom is 0.219 e. The number of allylic oxidation sites excluding steroid dienone is 1. The number of carbonyl (C=O) groups excluding carboxylic acids is 1. The molecule has 0 unspecified atom stereocenters. The third kappa shape index (κ3) is 6.27. The van der Waals surface area contributed by atoms with Crippen LogP contribution in [0.15, 0.2) is 41.3 Å². The lowest BCUT2D eigenvalue weighted by Gasteiger charge is -2.31. The summed E-state index contributed by atoms with van der Waals surface area (Å²) in [6.07, 6.45) is 7.58. The molecule has 0 spiro atoms. The molecule has 144 valence electrons. The molecule has 0 aromatic heterocycles. The lowest BCUT2D eigenvalue weighted by Crippen LogP contribution is -2.37. The molecule has 26 heavy (non-hydrogen) atoms. The van der Waals surface area contributed by atoms with Crippen molar-refractivity contribution in [2.75, 3.05) is 18.8 Å². The van der Waals surface area contributed by atoms with Gasteiger partial charge in [0.1, 0.15) is 0 Å². The maximum atomic E-state index is 12.4. The average molecular weight is 378 g/mol. The van der Waals surface area contributed by atoms with Gasteiger partial charge in [-0.3, -0.25) is 4.79 Å². The van der Waals surface area contributed by atoms with Crippen molar-refractivity contribution < 1.29 is 13.2 Å². The van der Waals surface area contributed by atoms with Crippen LogP contribution in [0.25, 0.3) is 0 Å². The van der Waals surface area contributed by atoms with Gasteiger partial charge in [-0.15, -0.1) is 0 Å². The van der Waals surface area contributed by atoms with Gasteiger partial charge in [-0.05, 0) is 55.2 Å². The van der Waals surface area contributed by atoms with Crippen LogP contribution in [0.5, 0.6) is 0 Å². The molecule has 1 fully saturated rings. The van der Waals surface area contributed by atoms with E-state index in [1.807, 2.05) is 23.1 Å². The van der Waals surface area contributed by atoms with E-state index in [-0.39, 0.29) is 11.7 Å². The van der Waals surface area contributed by atoms with E-state index in [1.165, 1.54) is 5.56 Å². The number of hydrogen-bond donors (Lipinski definition) is 0. The molecule has 0 aliphatic carbocycles. The highest BCUT2D eigenvalue weighted by atomic mass is 32.2. The Bertz CT molecular complexity index is 712. The zero-order valence-electron chi connectivity index (χ0n) is 16.1. The molecule has 0 radical (unpaired) electrons. The lowest BCUT2D eigenvalue weighted by molar-refractivity contribution is -0.130. The van der Waals surface area contributed by atoms with E-state index in [1.54, 1.807) is 25.1 Å². The van der Waals surface area contributed by atoms with Gasteiger partial charge in [-0.25, -0.2) is 8.42 Å². The van der Waals surface area contributed by atoms with Crippen LogP contribution < -0.4 is 0 Å². The minimum atomic E-state index is -3.26. The molecule has 0 atom stereocenters. The van der Waals surface area contributed by atoms with E-state index in [0.717, 1.165) is 38.8 Å². The van der Waals surface area contributed by atoms with Crippen LogP contribution in [-0.4, -0.2) is 38.1 Å². The van der Waals surface area contributed by atoms with E-state index < -0.39 is 9.84 Å². The number of carbonyl (C=O) groups is 1. The molecule has 1 aromatic rings. The predicted octanol–water partition coefficient (Wildman–Crippen LogP) is 3.86. The second-order valence-electron chi connectivity index (χ2n) is 7.68. The van der Waals surface area contributed by atoms with Gasteiger partial charge in [0, 0.05) is 20.0 Å². The monoisotopic (exact) mass is 377 g/mol. The number of rotatable bonds is 7. The quantitative estimate of drug-likeness (QED) is 0.678. The van der Waals surface area contributed by atoms with Gasteiger partial charge in [0.15, 0.2) is 9.84 Å². The van der Waals surface area contributed by atoms with Crippen molar-refractivity contribution in [3.63, 3.8) is 0 Å². The Balaban J connectivity index is 1.89. The van der Waals surface area contributed by atoms with Crippen LogP contribution in [-0.2, 0) is 21.1 Å². The Morgan fingerprint density at radius 1 is 1.15 bits per heavy atom. The summed E-state index contributed by atoms with van der Waals surface area (Å²) in [4.78, 5) is 13.7. The molecule has 2 rings (SSSR count). The van der Waals surface area contributed by atoms with Crippen LogP contribution in [0, 0.1) is 11.8 Å². The zero-order valence-corrected chi connectivity index (χ0v) is 17.0. The first-order valence-corrected chi connectivity index (χ1v) is 11.2. The van der Waals surface area contributed by atoms with Crippen LogP contribution in [0.3, 0.4) is 0 Å². The van der Waals surface area contributed by atoms with Gasteiger partial charge in [0.05, 0.1) is 10.6 Å². The summed E-state index contributed by atoms with van der Waals surface area (Å²) in [5, 5.41) is 0. The summed E-state index contributed by atoms with van der Waals surface area (Å²) < 4.78 is 24.8. The van der Waals surface area contributed by atoms with Gasteiger partial charge >= 0.3 is 0 Å². The fourth-order valence-electron chi connectivity index (χ4n) is 3.28. The first-order valence-electron chi connectivity index (χ1n) is 9.50. The largest absolute Gasteiger partial charge is 0.343 e. The highest BCUT2D eigenvalue weighted by Gasteiger charge is 2.21. The van der Waals surface area contributed by atoms with Gasteiger partial charge in [0.25, 0.3) is 0 Å². The number of sulfone groups is 1. The molecule has 1 amide bonds. The summed E-state index contributed by atoms with van der Waals surface area (Å²) in [6.45, 7) is 7.50. The minimum Gasteiger partial charge on any atom is -0.343 e. The third-order valence-electron chi connectivity index (χ3n) is 4.96. The molecule has 5 heteroatoms. The summed E-state index contributed by atoms with van der Waals surface area (Å²) in [6, 6.07) is 7.32. The first kappa shape index (κ1) is 20.7. The molecule has 4 nitrogen and oxygen atoms in total. The van der Waals surface area contributed by atoms with Crippen LogP contribution in [0.1, 0.15) is 45.6 Å². The van der Waals surface area contributed by atoms with Crippen molar-refractivity contribution in [1.29, 1.82) is 0 Å². The SMILES string of the molecule is CC(=O)N1CCC(Cc2ccc(S(=O)(=O)CC=CCC(C)C)cc2)CC1. The summed E-state index contributed by atoms with van der Waals surface area (Å²) in [5.41, 5.74) is 1.17. The smallest absolute Gasteiger partial charge is 0.219 e. The standard InChI is InChI=1S/C21H31NO3S/c1-17(2)6-4-5-15-26(24,25)21-9-7-19(8-10-21)16-20-11-13-22(14-12-20)18(3)23/h4-5,7-10,17,20H,6,11-16H2,1-3H3. The summed E-state index contributed by atoms with van der Waals surface area (Å²) in [5.74, 6) is 1.31. The fraction of sp³-hybridized carbons (Fsp3) is 0.571. The van der Waals surface area contributed by atoms with Crippen molar-refractivity contribution in [3.05, 3.63) is 42.0 Å². The predicted molar refractivity (Wildman–Crippen MR) is 106 cm³/mol. The number of benzene rings is 1. The molecule has 0 N–H and O–H groups in total. The average Bonchev–Trinajstić information content (AvgIpc) is 2.59. The third-order valence-corrected chi connectivity index (χ3v) is 6.58. The molecule has 1 aliphatic heterocycles. The Morgan fingerprint density at radius 2 is 1.77 bits per heavy atom. The minimum absolute atomic E-state index is 0.0581. The van der Waals surface area contributed by atoms with Crippen LogP contribution in [0.4, 0.5) is 0 Å². The second-order valence-corrected chi connectivity index (χ2v) is 9.71. The lowest BCUT2D eigenvalue weighted by atomic mass is 9.90. The first-order chi connectivity index (χ1) is 12.3. The van der Waals surface area contributed by atoms with Crippen molar-refractivity contribution in [2.45, 2.75) is 51.3 Å². The molecule has 1 heterocycles. The maximum absolute atomic E-state index is 12.4. The van der Waals surface area contributed by atoms with Gasteiger partial charge in [0.2, 0.25) is 5.91 Å². The van der Waals surface area contributed by atoms with Crippen molar-refractivity contribution in [3.8, 4) is 0 Å². The highest BCUT2D eigenvalue weighted by molar-refractivity contribution is 7.91. The van der Waals surface area contributed by atoms with E-state index in [9.17, 15) is 13.2 Å². The zero-order chi connectivity index (χ0) is 19.2. The van der Waals surface area contributed by atoms with Crippen LogP contribution >= 0.6 is 0 Å². The Labute approximate surface area is 158 Å². The van der Waals surface area contributed by atoms with Crippen molar-refractivity contribution >= 4 is 15.7 Å². The summed E-state index contributed by atoms with van der Waals surface area (Å²) >= 11 is 0. The molecule has 1 aliphatic rings. The molecule has 1 saturated heterocycles. The molecule has 0 bridgehead atoms. The van der Waals surface area contributed by atoms with E-state index in [0.29, 0.717) is 16.7 Å². The Kier molecular flexibility index (Phi) is 7.44. The van der Waals surface area contributed by atoms with Crippen molar-refractivity contribution in [2.24, 2.45) is 11.8 Å². The van der Waals surface area contributed by atoms with E-state index in [4.69, 9.17) is 0 Å². The number of amides is 1. The molecular formula is C21H31NO3S. The fourth-order valence-corrected chi connectivity index (χ4v) is 4.41. The number of piperidine rings is 1.